The van der Waals surface area contributed by atoms with Crippen LogP contribution in [0.3, 0.4) is 0 Å². The predicted molar refractivity (Wildman–Crippen MR) is 109 cm³/mol. The number of carbonyl (C=O) groups is 1. The fourth-order valence-electron chi connectivity index (χ4n) is 2.85. The van der Waals surface area contributed by atoms with Crippen LogP contribution in [0, 0.1) is 0 Å². The first kappa shape index (κ1) is 18.8. The van der Waals surface area contributed by atoms with Crippen LogP contribution in [0.1, 0.15) is 10.4 Å². The predicted octanol–water partition coefficient (Wildman–Crippen LogP) is 3.51. The number of ether oxygens (including phenoxy) is 2. The summed E-state index contributed by atoms with van der Waals surface area (Å²) in [7, 11) is -3.82. The molecule has 0 aromatic heterocycles. The van der Waals surface area contributed by atoms with Gasteiger partial charge in [0, 0.05) is 23.0 Å². The number of sulfonamides is 1. The lowest BCUT2D eigenvalue weighted by atomic mass is 10.2. The van der Waals surface area contributed by atoms with Crippen molar-refractivity contribution in [3.63, 3.8) is 0 Å². The second-order valence-corrected chi connectivity index (χ2v) is 7.99. The summed E-state index contributed by atoms with van der Waals surface area (Å²) in [5.74, 6) is 0.741. The molecule has 4 rings (SSSR count). The first-order chi connectivity index (χ1) is 14.0. The largest absolute Gasteiger partial charge is 0.486 e. The van der Waals surface area contributed by atoms with Gasteiger partial charge >= 0.3 is 0 Å². The molecule has 29 heavy (non-hydrogen) atoms. The Bertz CT molecular complexity index is 1150. The molecule has 0 bridgehead atoms. The van der Waals surface area contributed by atoms with E-state index in [1.54, 1.807) is 54.6 Å². The van der Waals surface area contributed by atoms with Gasteiger partial charge in [0.2, 0.25) is 0 Å². The highest BCUT2D eigenvalue weighted by Gasteiger charge is 2.17. The molecular weight excluding hydrogens is 392 g/mol. The van der Waals surface area contributed by atoms with Crippen molar-refractivity contribution in [2.45, 2.75) is 4.90 Å². The Labute approximate surface area is 168 Å². The van der Waals surface area contributed by atoms with E-state index in [0.717, 1.165) is 0 Å². The number of benzene rings is 3. The van der Waals surface area contributed by atoms with Crippen molar-refractivity contribution >= 4 is 27.3 Å². The van der Waals surface area contributed by atoms with Crippen LogP contribution in [-0.2, 0) is 10.0 Å². The number of hydrogen-bond donors (Lipinski definition) is 2. The standard InChI is InChI=1S/C21H18N2O5S/c24-21(22-17-9-10-19-20(14-17)28-12-11-27-19)15-5-4-8-18(13-15)29(25,26)23-16-6-2-1-3-7-16/h1-10,13-14,23H,11-12H2,(H,22,24). The van der Waals surface area contributed by atoms with Crippen molar-refractivity contribution in [3.8, 4) is 11.5 Å². The third-order valence-corrected chi connectivity index (χ3v) is 5.61. The molecule has 148 valence electrons. The number of hydrogen-bond acceptors (Lipinski definition) is 5. The van der Waals surface area contributed by atoms with Crippen molar-refractivity contribution < 1.29 is 22.7 Å². The van der Waals surface area contributed by atoms with Crippen LogP contribution in [0.5, 0.6) is 11.5 Å². The summed E-state index contributed by atoms with van der Waals surface area (Å²) in [6.45, 7) is 0.926. The molecule has 3 aromatic rings. The van der Waals surface area contributed by atoms with Gasteiger partial charge in [-0.25, -0.2) is 8.42 Å². The second kappa shape index (κ2) is 7.84. The van der Waals surface area contributed by atoms with Gasteiger partial charge < -0.3 is 14.8 Å². The van der Waals surface area contributed by atoms with Crippen LogP contribution < -0.4 is 19.5 Å². The minimum absolute atomic E-state index is 0.00354. The number of amides is 1. The highest BCUT2D eigenvalue weighted by Crippen LogP contribution is 2.32. The molecule has 2 N–H and O–H groups in total. The molecule has 1 amide bonds. The molecule has 0 fully saturated rings. The molecule has 0 atom stereocenters. The smallest absolute Gasteiger partial charge is 0.261 e. The zero-order valence-corrected chi connectivity index (χ0v) is 16.1. The Morgan fingerprint density at radius 1 is 0.793 bits per heavy atom. The van der Waals surface area contributed by atoms with Gasteiger partial charge in [-0.15, -0.1) is 0 Å². The van der Waals surface area contributed by atoms with Crippen LogP contribution in [0.2, 0.25) is 0 Å². The maximum Gasteiger partial charge on any atom is 0.261 e. The Balaban J connectivity index is 1.53. The molecule has 7 nitrogen and oxygen atoms in total. The molecule has 0 spiro atoms. The lowest BCUT2D eigenvalue weighted by molar-refractivity contribution is 0.102. The van der Waals surface area contributed by atoms with Gasteiger partial charge in [-0.2, -0.15) is 0 Å². The average Bonchev–Trinajstić information content (AvgIpc) is 2.74. The van der Waals surface area contributed by atoms with Gasteiger partial charge in [0.05, 0.1) is 4.90 Å². The SMILES string of the molecule is O=C(Nc1ccc2c(c1)OCCO2)c1cccc(S(=O)(=O)Nc2ccccc2)c1. The summed E-state index contributed by atoms with van der Waals surface area (Å²) >= 11 is 0. The Hall–Kier alpha value is -3.52. The fraction of sp³-hybridized carbons (Fsp3) is 0.0952. The van der Waals surface area contributed by atoms with Gasteiger partial charge in [0.1, 0.15) is 13.2 Å². The summed E-state index contributed by atoms with van der Waals surface area (Å²) in [5, 5.41) is 2.75. The zero-order valence-electron chi connectivity index (χ0n) is 15.3. The van der Waals surface area contributed by atoms with E-state index in [1.165, 1.54) is 18.2 Å². The number of nitrogens with one attached hydrogen (secondary N) is 2. The summed E-state index contributed by atoms with van der Waals surface area (Å²) < 4.78 is 38.7. The number of carbonyl (C=O) groups excluding carboxylic acids is 1. The van der Waals surface area contributed by atoms with E-state index in [-0.39, 0.29) is 10.5 Å². The third-order valence-electron chi connectivity index (χ3n) is 4.23. The molecule has 1 aliphatic rings. The van der Waals surface area contributed by atoms with Gasteiger partial charge in [-0.3, -0.25) is 9.52 Å². The van der Waals surface area contributed by atoms with E-state index in [0.29, 0.717) is 36.1 Å². The Morgan fingerprint density at radius 3 is 2.34 bits per heavy atom. The van der Waals surface area contributed by atoms with Crippen LogP contribution >= 0.6 is 0 Å². The number of rotatable bonds is 5. The van der Waals surface area contributed by atoms with Crippen molar-refractivity contribution in [2.75, 3.05) is 23.3 Å². The number of fused-ring (bicyclic) bond motifs is 1. The van der Waals surface area contributed by atoms with Crippen LogP contribution in [-0.4, -0.2) is 27.5 Å². The van der Waals surface area contributed by atoms with Crippen molar-refractivity contribution in [1.82, 2.24) is 0 Å². The summed E-state index contributed by atoms with van der Waals surface area (Å²) in [4.78, 5) is 12.6. The second-order valence-electron chi connectivity index (χ2n) is 6.31. The first-order valence-corrected chi connectivity index (χ1v) is 10.4. The number of anilines is 2. The normalized spacial score (nSPS) is 12.8. The van der Waals surface area contributed by atoms with Crippen molar-refractivity contribution in [1.29, 1.82) is 0 Å². The summed E-state index contributed by atoms with van der Waals surface area (Å²) in [6.07, 6.45) is 0. The lowest BCUT2D eigenvalue weighted by Crippen LogP contribution is -2.17. The third kappa shape index (κ3) is 4.33. The highest BCUT2D eigenvalue weighted by molar-refractivity contribution is 7.92. The molecular formula is C21H18N2O5S. The minimum Gasteiger partial charge on any atom is -0.486 e. The minimum atomic E-state index is -3.82. The Morgan fingerprint density at radius 2 is 1.55 bits per heavy atom. The van der Waals surface area contributed by atoms with Crippen molar-refractivity contribution in [3.05, 3.63) is 78.4 Å². The van der Waals surface area contributed by atoms with E-state index in [9.17, 15) is 13.2 Å². The average molecular weight is 410 g/mol. The van der Waals surface area contributed by atoms with Gasteiger partial charge in [-0.05, 0) is 42.5 Å². The van der Waals surface area contributed by atoms with Gasteiger partial charge in [-0.1, -0.05) is 24.3 Å². The summed E-state index contributed by atoms with van der Waals surface area (Å²) in [5.41, 5.74) is 1.18. The lowest BCUT2D eigenvalue weighted by Gasteiger charge is -2.19. The maximum absolute atomic E-state index is 12.6. The van der Waals surface area contributed by atoms with Crippen LogP contribution in [0.4, 0.5) is 11.4 Å². The quantitative estimate of drug-likeness (QED) is 0.671. The van der Waals surface area contributed by atoms with E-state index in [2.05, 4.69) is 10.0 Å². The molecule has 0 saturated heterocycles. The highest BCUT2D eigenvalue weighted by atomic mass is 32.2. The molecule has 0 unspecified atom stereocenters. The fourth-order valence-corrected chi connectivity index (χ4v) is 3.95. The van der Waals surface area contributed by atoms with Crippen LogP contribution in [0.15, 0.2) is 77.7 Å². The molecule has 0 saturated carbocycles. The van der Waals surface area contributed by atoms with Gasteiger partial charge in [0.15, 0.2) is 11.5 Å². The van der Waals surface area contributed by atoms with E-state index in [4.69, 9.17) is 9.47 Å². The van der Waals surface area contributed by atoms with Gasteiger partial charge in [0.25, 0.3) is 15.9 Å². The molecule has 0 aliphatic carbocycles. The Kier molecular flexibility index (Phi) is 5.09. The number of para-hydroxylation sites is 1. The molecule has 1 heterocycles. The van der Waals surface area contributed by atoms with E-state index >= 15 is 0 Å². The first-order valence-electron chi connectivity index (χ1n) is 8.90. The molecule has 0 radical (unpaired) electrons. The van der Waals surface area contributed by atoms with Crippen molar-refractivity contribution in [2.24, 2.45) is 0 Å². The zero-order chi connectivity index (χ0) is 20.3. The molecule has 8 heteroatoms. The van der Waals surface area contributed by atoms with E-state index in [1.807, 2.05) is 0 Å². The maximum atomic E-state index is 12.6. The molecule has 1 aliphatic heterocycles. The topological polar surface area (TPSA) is 93.7 Å². The summed E-state index contributed by atoms with van der Waals surface area (Å²) in [6, 6.07) is 19.5. The van der Waals surface area contributed by atoms with Crippen LogP contribution in [0.25, 0.3) is 0 Å². The van der Waals surface area contributed by atoms with E-state index < -0.39 is 15.9 Å². The molecule has 3 aromatic carbocycles. The monoisotopic (exact) mass is 410 g/mol.